The molecular weight excluding hydrogens is 208 g/mol. The van der Waals surface area contributed by atoms with E-state index in [0.717, 1.165) is 37.2 Å². The molecule has 3 nitrogen and oxygen atoms in total. The first kappa shape index (κ1) is 10.9. The van der Waals surface area contributed by atoms with Gasteiger partial charge in [0, 0.05) is 19.3 Å². The minimum absolute atomic E-state index is 0.724. The van der Waals surface area contributed by atoms with Crippen molar-refractivity contribution in [3.8, 4) is 0 Å². The highest BCUT2D eigenvalue weighted by Gasteiger charge is 2.21. The third-order valence-electron chi connectivity index (χ3n) is 2.37. The SMILES string of the molecule is CCCNc1ncc(COCC2CC2)s1. The van der Waals surface area contributed by atoms with Crippen LogP contribution in [0.25, 0.3) is 0 Å². The molecule has 0 amide bonds. The summed E-state index contributed by atoms with van der Waals surface area (Å²) >= 11 is 1.70. The standard InChI is InChI=1S/C11H18N2OS/c1-2-5-12-11-13-6-10(15-11)8-14-7-9-3-4-9/h6,9H,2-5,7-8H2,1H3,(H,12,13). The van der Waals surface area contributed by atoms with Crippen molar-refractivity contribution in [2.45, 2.75) is 32.8 Å². The summed E-state index contributed by atoms with van der Waals surface area (Å²) < 4.78 is 5.60. The number of nitrogens with one attached hydrogen (secondary N) is 1. The normalized spacial score (nSPS) is 15.5. The lowest BCUT2D eigenvalue weighted by molar-refractivity contribution is 0.113. The average molecular weight is 226 g/mol. The predicted molar refractivity (Wildman–Crippen MR) is 63.3 cm³/mol. The van der Waals surface area contributed by atoms with E-state index in [9.17, 15) is 0 Å². The Balaban J connectivity index is 1.68. The van der Waals surface area contributed by atoms with Crippen LogP contribution >= 0.6 is 11.3 Å². The number of hydrogen-bond acceptors (Lipinski definition) is 4. The molecule has 4 heteroatoms. The molecule has 0 unspecified atom stereocenters. The van der Waals surface area contributed by atoms with Crippen LogP contribution in [0, 0.1) is 5.92 Å². The van der Waals surface area contributed by atoms with Crippen LogP contribution in [0.2, 0.25) is 0 Å². The number of nitrogens with zero attached hydrogens (tertiary/aromatic N) is 1. The van der Waals surface area contributed by atoms with Gasteiger partial charge in [-0.1, -0.05) is 18.3 Å². The summed E-state index contributed by atoms with van der Waals surface area (Å²) in [5.41, 5.74) is 0. The van der Waals surface area contributed by atoms with Crippen molar-refractivity contribution in [2.24, 2.45) is 5.92 Å². The summed E-state index contributed by atoms with van der Waals surface area (Å²) in [6, 6.07) is 0. The molecule has 1 aliphatic rings. The Morgan fingerprint density at radius 1 is 1.60 bits per heavy atom. The molecule has 1 N–H and O–H groups in total. The zero-order chi connectivity index (χ0) is 10.5. The zero-order valence-electron chi connectivity index (χ0n) is 9.16. The highest BCUT2D eigenvalue weighted by Crippen LogP contribution is 2.29. The van der Waals surface area contributed by atoms with Crippen LogP contribution in [0.1, 0.15) is 31.1 Å². The molecule has 1 fully saturated rings. The molecule has 1 aromatic rings. The number of hydrogen-bond donors (Lipinski definition) is 1. The molecule has 0 bridgehead atoms. The van der Waals surface area contributed by atoms with Crippen molar-refractivity contribution >= 4 is 16.5 Å². The molecular formula is C11H18N2OS. The maximum atomic E-state index is 5.60. The Labute approximate surface area is 94.9 Å². The third-order valence-corrected chi connectivity index (χ3v) is 3.30. The molecule has 0 aliphatic heterocycles. The van der Waals surface area contributed by atoms with Gasteiger partial charge in [0.25, 0.3) is 0 Å². The highest BCUT2D eigenvalue weighted by atomic mass is 32.1. The van der Waals surface area contributed by atoms with Crippen molar-refractivity contribution in [2.75, 3.05) is 18.5 Å². The van der Waals surface area contributed by atoms with E-state index in [1.165, 1.54) is 17.7 Å². The van der Waals surface area contributed by atoms with Gasteiger partial charge in [0.2, 0.25) is 0 Å². The van der Waals surface area contributed by atoms with Gasteiger partial charge in [-0.2, -0.15) is 0 Å². The molecule has 1 aliphatic carbocycles. The van der Waals surface area contributed by atoms with E-state index in [1.54, 1.807) is 11.3 Å². The van der Waals surface area contributed by atoms with Gasteiger partial charge in [-0.25, -0.2) is 4.98 Å². The van der Waals surface area contributed by atoms with Crippen molar-refractivity contribution in [1.82, 2.24) is 4.98 Å². The monoisotopic (exact) mass is 226 g/mol. The third kappa shape index (κ3) is 3.80. The maximum absolute atomic E-state index is 5.60. The molecule has 0 aromatic carbocycles. The summed E-state index contributed by atoms with van der Waals surface area (Å²) in [7, 11) is 0. The van der Waals surface area contributed by atoms with Crippen LogP contribution in [0.3, 0.4) is 0 Å². The van der Waals surface area contributed by atoms with Crippen molar-refractivity contribution in [1.29, 1.82) is 0 Å². The van der Waals surface area contributed by atoms with Gasteiger partial charge in [0.05, 0.1) is 11.5 Å². The first-order valence-corrected chi connectivity index (χ1v) is 6.46. The van der Waals surface area contributed by atoms with E-state index in [0.29, 0.717) is 0 Å². The van der Waals surface area contributed by atoms with Gasteiger partial charge in [-0.15, -0.1) is 0 Å². The van der Waals surface area contributed by atoms with Crippen LogP contribution in [0.4, 0.5) is 5.13 Å². The van der Waals surface area contributed by atoms with Crippen LogP contribution in [-0.4, -0.2) is 18.1 Å². The van der Waals surface area contributed by atoms with Gasteiger partial charge in [0.15, 0.2) is 5.13 Å². The van der Waals surface area contributed by atoms with Gasteiger partial charge >= 0.3 is 0 Å². The van der Waals surface area contributed by atoms with Crippen molar-refractivity contribution in [3.63, 3.8) is 0 Å². The summed E-state index contributed by atoms with van der Waals surface area (Å²) in [6.07, 6.45) is 5.75. The Hall–Kier alpha value is -0.610. The maximum Gasteiger partial charge on any atom is 0.182 e. The summed E-state index contributed by atoms with van der Waals surface area (Å²) in [6.45, 7) is 4.80. The van der Waals surface area contributed by atoms with E-state index >= 15 is 0 Å². The quantitative estimate of drug-likeness (QED) is 0.776. The smallest absolute Gasteiger partial charge is 0.182 e. The number of rotatable bonds is 7. The molecule has 1 heterocycles. The van der Waals surface area contributed by atoms with E-state index < -0.39 is 0 Å². The van der Waals surface area contributed by atoms with E-state index in [2.05, 4.69) is 17.2 Å². The second-order valence-electron chi connectivity index (χ2n) is 4.02. The number of aromatic nitrogens is 1. The summed E-state index contributed by atoms with van der Waals surface area (Å²) in [5.74, 6) is 0.843. The van der Waals surface area contributed by atoms with Gasteiger partial charge in [-0.05, 0) is 25.2 Å². The fraction of sp³-hybridized carbons (Fsp3) is 0.727. The highest BCUT2D eigenvalue weighted by molar-refractivity contribution is 7.15. The molecule has 2 rings (SSSR count). The fourth-order valence-electron chi connectivity index (χ4n) is 1.30. The second kappa shape index (κ2) is 5.47. The van der Waals surface area contributed by atoms with E-state index in [-0.39, 0.29) is 0 Å². The molecule has 1 saturated carbocycles. The molecule has 0 spiro atoms. The minimum atomic E-state index is 0.724. The first-order chi connectivity index (χ1) is 7.38. The van der Waals surface area contributed by atoms with Gasteiger partial charge in [-0.3, -0.25) is 0 Å². The molecule has 0 atom stereocenters. The zero-order valence-corrected chi connectivity index (χ0v) is 9.98. The van der Waals surface area contributed by atoms with Gasteiger partial charge in [0.1, 0.15) is 0 Å². The molecule has 1 aromatic heterocycles. The van der Waals surface area contributed by atoms with Crippen molar-refractivity contribution < 1.29 is 4.74 Å². The molecule has 84 valence electrons. The van der Waals surface area contributed by atoms with Crippen LogP contribution in [0.15, 0.2) is 6.20 Å². The van der Waals surface area contributed by atoms with Gasteiger partial charge < -0.3 is 10.1 Å². The van der Waals surface area contributed by atoms with Crippen LogP contribution in [-0.2, 0) is 11.3 Å². The fourth-order valence-corrected chi connectivity index (χ4v) is 2.07. The number of thiazole rings is 1. The van der Waals surface area contributed by atoms with Crippen molar-refractivity contribution in [3.05, 3.63) is 11.1 Å². The second-order valence-corrected chi connectivity index (χ2v) is 5.13. The predicted octanol–water partition coefficient (Wildman–Crippen LogP) is 2.89. The number of ether oxygens (including phenoxy) is 1. The molecule has 0 radical (unpaired) electrons. The largest absolute Gasteiger partial charge is 0.376 e. The average Bonchev–Trinajstić information content (AvgIpc) is 2.95. The minimum Gasteiger partial charge on any atom is -0.376 e. The van der Waals surface area contributed by atoms with E-state index in [1.807, 2.05) is 6.20 Å². The Bertz CT molecular complexity index is 297. The lowest BCUT2D eigenvalue weighted by Gasteiger charge is -1.99. The Morgan fingerprint density at radius 2 is 2.47 bits per heavy atom. The van der Waals surface area contributed by atoms with Crippen LogP contribution in [0.5, 0.6) is 0 Å². The topological polar surface area (TPSA) is 34.2 Å². The molecule has 15 heavy (non-hydrogen) atoms. The van der Waals surface area contributed by atoms with E-state index in [4.69, 9.17) is 4.74 Å². The lowest BCUT2D eigenvalue weighted by Crippen LogP contribution is -1.98. The number of anilines is 1. The summed E-state index contributed by atoms with van der Waals surface area (Å²) in [5, 5.41) is 4.29. The summed E-state index contributed by atoms with van der Waals surface area (Å²) in [4.78, 5) is 5.51. The lowest BCUT2D eigenvalue weighted by atomic mass is 10.5. The molecule has 0 saturated heterocycles. The first-order valence-electron chi connectivity index (χ1n) is 5.65. The van der Waals surface area contributed by atoms with Crippen LogP contribution < -0.4 is 5.32 Å². The Morgan fingerprint density at radius 3 is 3.20 bits per heavy atom. The Kier molecular flexibility index (Phi) is 3.97.